The lowest BCUT2D eigenvalue weighted by Crippen LogP contribution is -2.30. The van der Waals surface area contributed by atoms with Crippen molar-refractivity contribution in [1.82, 2.24) is 0 Å². The van der Waals surface area contributed by atoms with Crippen LogP contribution in [0.15, 0.2) is 48.0 Å². The van der Waals surface area contributed by atoms with Gasteiger partial charge in [-0.3, -0.25) is 4.79 Å². The fraction of sp³-hybridized carbons (Fsp3) is 0.105. The molecule has 0 aliphatic heterocycles. The molecule has 1 amide bonds. The molecule has 1 N–H and O–H groups in total. The second-order valence-electron chi connectivity index (χ2n) is 5.38. The molecule has 5 nitrogen and oxygen atoms in total. The van der Waals surface area contributed by atoms with Gasteiger partial charge in [-0.2, -0.15) is 5.26 Å². The van der Waals surface area contributed by atoms with Crippen molar-refractivity contribution in [2.45, 2.75) is 13.0 Å². The lowest BCUT2D eigenvalue weighted by Gasteiger charge is -2.14. The Morgan fingerprint density at radius 1 is 1.11 bits per heavy atom. The van der Waals surface area contributed by atoms with Crippen molar-refractivity contribution < 1.29 is 14.3 Å². The van der Waals surface area contributed by atoms with Gasteiger partial charge < -0.3 is 10.1 Å². The molecule has 2 aromatic rings. The summed E-state index contributed by atoms with van der Waals surface area (Å²) in [6.45, 7) is 1.38. The Morgan fingerprint density at radius 2 is 1.74 bits per heavy atom. The molecule has 2 rings (SSSR count). The maximum absolute atomic E-state index is 12.2. The van der Waals surface area contributed by atoms with Crippen molar-refractivity contribution >= 4 is 58.4 Å². The summed E-state index contributed by atoms with van der Waals surface area (Å²) in [7, 11) is 0. The van der Waals surface area contributed by atoms with E-state index >= 15 is 0 Å². The van der Waals surface area contributed by atoms with Crippen LogP contribution in [0.3, 0.4) is 0 Å². The molecule has 0 saturated carbocycles. The van der Waals surface area contributed by atoms with E-state index in [2.05, 4.69) is 5.32 Å². The van der Waals surface area contributed by atoms with Crippen LogP contribution in [0.25, 0.3) is 6.08 Å². The quantitative estimate of drug-likeness (QED) is 0.411. The largest absolute Gasteiger partial charge is 0.448 e. The number of nitrogens with zero attached hydrogens (tertiary/aromatic N) is 1. The number of esters is 1. The van der Waals surface area contributed by atoms with Crippen LogP contribution in [0, 0.1) is 11.3 Å². The van der Waals surface area contributed by atoms with E-state index in [0.717, 1.165) is 0 Å². The number of anilines is 1. The highest BCUT2D eigenvalue weighted by Gasteiger charge is 2.21. The third kappa shape index (κ3) is 6.00. The van der Waals surface area contributed by atoms with E-state index in [9.17, 15) is 14.9 Å². The fourth-order valence-electron chi connectivity index (χ4n) is 1.97. The number of rotatable bonds is 5. The molecule has 138 valence electrons. The van der Waals surface area contributed by atoms with Gasteiger partial charge in [0, 0.05) is 10.0 Å². The topological polar surface area (TPSA) is 79.2 Å². The van der Waals surface area contributed by atoms with Crippen LogP contribution in [0.1, 0.15) is 12.5 Å². The summed E-state index contributed by atoms with van der Waals surface area (Å²) in [5, 5.41) is 12.9. The van der Waals surface area contributed by atoms with Crippen LogP contribution in [-0.2, 0) is 14.3 Å². The van der Waals surface area contributed by atoms with Gasteiger partial charge in [0.25, 0.3) is 5.91 Å². The number of benzene rings is 2. The second-order valence-corrected chi connectivity index (χ2v) is 6.66. The number of nitrogens with one attached hydrogen (secondary N) is 1. The number of ether oxygens (including phenoxy) is 1. The average Bonchev–Trinajstić information content (AvgIpc) is 2.63. The standard InChI is InChI=1S/C19H13Cl3N2O3/c1-11(18(25)24-17-7-6-15(21)9-16(17)22)27-19(26)13(10-23)8-12-2-4-14(20)5-3-12/h2-9,11H,1H3,(H,24,25)/b13-8+/t11-/m1/s1. The molecule has 27 heavy (non-hydrogen) atoms. The zero-order valence-electron chi connectivity index (χ0n) is 14.0. The van der Waals surface area contributed by atoms with Gasteiger partial charge >= 0.3 is 5.97 Å². The van der Waals surface area contributed by atoms with E-state index in [1.807, 2.05) is 0 Å². The van der Waals surface area contributed by atoms with E-state index < -0.39 is 18.0 Å². The Balaban J connectivity index is 2.05. The minimum Gasteiger partial charge on any atom is -0.448 e. The Labute approximate surface area is 171 Å². The van der Waals surface area contributed by atoms with E-state index in [1.54, 1.807) is 36.4 Å². The van der Waals surface area contributed by atoms with Gasteiger partial charge in [-0.05, 0) is 48.9 Å². The van der Waals surface area contributed by atoms with Crippen molar-refractivity contribution in [3.8, 4) is 6.07 Å². The van der Waals surface area contributed by atoms with Gasteiger partial charge in [0.2, 0.25) is 0 Å². The SMILES string of the molecule is C[C@@H](OC(=O)/C(C#N)=C/c1ccc(Cl)cc1)C(=O)Nc1ccc(Cl)cc1Cl. The summed E-state index contributed by atoms with van der Waals surface area (Å²) < 4.78 is 5.06. The Bertz CT molecular complexity index is 934. The predicted molar refractivity (Wildman–Crippen MR) is 106 cm³/mol. The maximum Gasteiger partial charge on any atom is 0.349 e. The highest BCUT2D eigenvalue weighted by atomic mass is 35.5. The molecular formula is C19H13Cl3N2O3. The van der Waals surface area contributed by atoms with Gasteiger partial charge in [-0.25, -0.2) is 4.79 Å². The second kappa shape index (κ2) is 9.43. The van der Waals surface area contributed by atoms with Gasteiger partial charge in [0.05, 0.1) is 10.7 Å². The van der Waals surface area contributed by atoms with E-state index in [0.29, 0.717) is 21.3 Å². The van der Waals surface area contributed by atoms with Crippen LogP contribution in [0.2, 0.25) is 15.1 Å². The molecule has 0 aliphatic carbocycles. The minimum absolute atomic E-state index is 0.245. The van der Waals surface area contributed by atoms with Crippen LogP contribution in [0.4, 0.5) is 5.69 Å². The van der Waals surface area contributed by atoms with Crippen molar-refractivity contribution in [3.05, 3.63) is 68.7 Å². The monoisotopic (exact) mass is 422 g/mol. The number of nitriles is 1. The predicted octanol–water partition coefficient (Wildman–Crippen LogP) is 5.12. The summed E-state index contributed by atoms with van der Waals surface area (Å²) >= 11 is 17.6. The normalized spacial score (nSPS) is 12.0. The molecule has 0 bridgehead atoms. The number of halogens is 3. The van der Waals surface area contributed by atoms with Crippen LogP contribution in [0.5, 0.6) is 0 Å². The highest BCUT2D eigenvalue weighted by molar-refractivity contribution is 6.36. The summed E-state index contributed by atoms with van der Waals surface area (Å²) in [6, 6.07) is 12.9. The third-order valence-corrected chi connectivity index (χ3v) is 4.16. The Morgan fingerprint density at radius 3 is 2.33 bits per heavy atom. The number of amides is 1. The summed E-state index contributed by atoms with van der Waals surface area (Å²) in [5.41, 5.74) is 0.672. The van der Waals surface area contributed by atoms with E-state index in [4.69, 9.17) is 39.5 Å². The smallest absolute Gasteiger partial charge is 0.349 e. The average molecular weight is 424 g/mol. The summed E-state index contributed by atoms with van der Waals surface area (Å²) in [4.78, 5) is 24.4. The number of carbonyl (C=O) groups excluding carboxylic acids is 2. The molecule has 2 aromatic carbocycles. The molecule has 1 atom stereocenters. The first-order valence-corrected chi connectivity index (χ1v) is 8.78. The lowest BCUT2D eigenvalue weighted by molar-refractivity contribution is -0.148. The summed E-state index contributed by atoms with van der Waals surface area (Å²) in [6.07, 6.45) is 0.200. The molecule has 0 heterocycles. The van der Waals surface area contributed by atoms with Crippen molar-refractivity contribution in [1.29, 1.82) is 5.26 Å². The number of hydrogen-bond donors (Lipinski definition) is 1. The molecular weight excluding hydrogens is 411 g/mol. The summed E-state index contributed by atoms with van der Waals surface area (Å²) in [5.74, 6) is -1.52. The molecule has 0 saturated heterocycles. The molecule has 0 aliphatic rings. The van der Waals surface area contributed by atoms with Crippen LogP contribution in [-0.4, -0.2) is 18.0 Å². The first-order valence-electron chi connectivity index (χ1n) is 7.64. The minimum atomic E-state index is -1.15. The maximum atomic E-state index is 12.2. The van der Waals surface area contributed by atoms with E-state index in [1.165, 1.54) is 25.1 Å². The van der Waals surface area contributed by atoms with Crippen molar-refractivity contribution in [2.75, 3.05) is 5.32 Å². The number of hydrogen-bond acceptors (Lipinski definition) is 4. The van der Waals surface area contributed by atoms with E-state index in [-0.39, 0.29) is 10.6 Å². The molecule has 0 fully saturated rings. The zero-order chi connectivity index (χ0) is 20.0. The van der Waals surface area contributed by atoms with Crippen molar-refractivity contribution in [3.63, 3.8) is 0 Å². The first kappa shape index (κ1) is 20.8. The zero-order valence-corrected chi connectivity index (χ0v) is 16.3. The van der Waals surface area contributed by atoms with Gasteiger partial charge in [-0.1, -0.05) is 46.9 Å². The Hall–Kier alpha value is -2.52. The third-order valence-electron chi connectivity index (χ3n) is 3.36. The molecule has 0 radical (unpaired) electrons. The van der Waals surface area contributed by atoms with Gasteiger partial charge in [0.1, 0.15) is 11.6 Å². The van der Waals surface area contributed by atoms with Crippen LogP contribution >= 0.6 is 34.8 Å². The highest BCUT2D eigenvalue weighted by Crippen LogP contribution is 2.25. The lowest BCUT2D eigenvalue weighted by atomic mass is 10.1. The molecule has 0 unspecified atom stereocenters. The van der Waals surface area contributed by atoms with Gasteiger partial charge in [0.15, 0.2) is 6.10 Å². The molecule has 0 aromatic heterocycles. The molecule has 0 spiro atoms. The first-order chi connectivity index (χ1) is 12.8. The Kier molecular flexibility index (Phi) is 7.26. The van der Waals surface area contributed by atoms with Crippen molar-refractivity contribution in [2.24, 2.45) is 0 Å². The number of carbonyl (C=O) groups is 2. The van der Waals surface area contributed by atoms with Gasteiger partial charge in [-0.15, -0.1) is 0 Å². The van der Waals surface area contributed by atoms with Crippen LogP contribution < -0.4 is 5.32 Å². The fourth-order valence-corrected chi connectivity index (χ4v) is 2.55. The molecule has 8 heteroatoms.